The maximum absolute atomic E-state index is 5.77. The number of thiocarbonyl (C=S) groups is 1. The van der Waals surface area contributed by atoms with Gasteiger partial charge in [-0.15, -0.1) is 0 Å². The number of nitrogens with zero attached hydrogens (tertiary/aromatic N) is 2. The van der Waals surface area contributed by atoms with Crippen molar-refractivity contribution in [3.05, 3.63) is 65.2 Å². The molecule has 1 saturated heterocycles. The number of hydrogen-bond acceptors (Lipinski definition) is 2. The molecule has 4 heteroatoms. The molecular weight excluding hydrogens is 314 g/mol. The van der Waals surface area contributed by atoms with Crippen LogP contribution >= 0.6 is 12.2 Å². The summed E-state index contributed by atoms with van der Waals surface area (Å²) in [6.07, 6.45) is 0. The molecule has 1 atom stereocenters. The Bertz CT molecular complexity index is 714. The molecule has 24 heavy (non-hydrogen) atoms. The van der Waals surface area contributed by atoms with Crippen molar-refractivity contribution in [1.82, 2.24) is 9.80 Å². The minimum atomic E-state index is 0.287. The standard InChI is InChI=1S/C20H25N3S/c1-15-9-10-16(2)18(13-15)21-20(24)23-12-11-22(3)14-19(23)17-7-5-4-6-8-17/h4-10,13,19H,11-12,14H2,1-3H3,(H,21,24)/t19-/m1/s1. The van der Waals surface area contributed by atoms with Crippen molar-refractivity contribution in [2.75, 3.05) is 32.0 Å². The SMILES string of the molecule is Cc1ccc(C)c(NC(=S)N2CCN(C)C[C@@H]2c2ccccc2)c1. The fourth-order valence-corrected chi connectivity index (χ4v) is 3.51. The maximum atomic E-state index is 5.77. The van der Waals surface area contributed by atoms with Crippen LogP contribution in [0, 0.1) is 13.8 Å². The average molecular weight is 340 g/mol. The van der Waals surface area contributed by atoms with Crippen molar-refractivity contribution in [3.63, 3.8) is 0 Å². The number of benzene rings is 2. The zero-order chi connectivity index (χ0) is 17.1. The quantitative estimate of drug-likeness (QED) is 0.834. The monoisotopic (exact) mass is 339 g/mol. The van der Waals surface area contributed by atoms with Crippen LogP contribution < -0.4 is 5.32 Å². The third-order valence-electron chi connectivity index (χ3n) is 4.66. The summed E-state index contributed by atoms with van der Waals surface area (Å²) in [5.74, 6) is 0. The molecule has 1 aliphatic heterocycles. The van der Waals surface area contributed by atoms with Crippen molar-refractivity contribution in [2.45, 2.75) is 19.9 Å². The maximum Gasteiger partial charge on any atom is 0.174 e. The Morgan fingerprint density at radius 3 is 2.58 bits per heavy atom. The van der Waals surface area contributed by atoms with Gasteiger partial charge < -0.3 is 15.1 Å². The lowest BCUT2D eigenvalue weighted by Crippen LogP contribution is -2.50. The largest absolute Gasteiger partial charge is 0.339 e. The zero-order valence-corrected chi connectivity index (χ0v) is 15.4. The highest BCUT2D eigenvalue weighted by Crippen LogP contribution is 2.26. The van der Waals surface area contributed by atoms with Crippen LogP contribution in [0.3, 0.4) is 0 Å². The van der Waals surface area contributed by atoms with Crippen LogP contribution in [0.2, 0.25) is 0 Å². The van der Waals surface area contributed by atoms with E-state index in [1.165, 1.54) is 16.7 Å². The highest BCUT2D eigenvalue weighted by atomic mass is 32.1. The van der Waals surface area contributed by atoms with Gasteiger partial charge >= 0.3 is 0 Å². The molecule has 1 fully saturated rings. The molecule has 0 bridgehead atoms. The lowest BCUT2D eigenvalue weighted by Gasteiger charge is -2.42. The number of likely N-dealkylation sites (N-methyl/N-ethyl adjacent to an activating group) is 1. The molecule has 126 valence electrons. The van der Waals surface area contributed by atoms with Gasteiger partial charge in [-0.25, -0.2) is 0 Å². The van der Waals surface area contributed by atoms with E-state index in [1.807, 2.05) is 0 Å². The van der Waals surface area contributed by atoms with Crippen molar-refractivity contribution in [2.24, 2.45) is 0 Å². The lowest BCUT2D eigenvalue weighted by atomic mass is 10.0. The highest BCUT2D eigenvalue weighted by Gasteiger charge is 2.28. The van der Waals surface area contributed by atoms with E-state index in [1.54, 1.807) is 0 Å². The minimum Gasteiger partial charge on any atom is -0.339 e. The third kappa shape index (κ3) is 3.77. The van der Waals surface area contributed by atoms with Gasteiger partial charge in [0, 0.05) is 25.3 Å². The van der Waals surface area contributed by atoms with Crippen molar-refractivity contribution >= 4 is 23.0 Å². The zero-order valence-electron chi connectivity index (χ0n) is 14.6. The van der Waals surface area contributed by atoms with Crippen molar-refractivity contribution in [3.8, 4) is 0 Å². The van der Waals surface area contributed by atoms with Crippen LogP contribution in [0.15, 0.2) is 48.5 Å². The normalized spacial score (nSPS) is 18.5. The number of rotatable bonds is 2. The van der Waals surface area contributed by atoms with Crippen LogP contribution in [0.4, 0.5) is 5.69 Å². The number of aryl methyl sites for hydroxylation is 2. The summed E-state index contributed by atoms with van der Waals surface area (Å²) in [4.78, 5) is 4.70. The van der Waals surface area contributed by atoms with Gasteiger partial charge in [0.05, 0.1) is 6.04 Å². The lowest BCUT2D eigenvalue weighted by molar-refractivity contribution is 0.153. The Balaban J connectivity index is 1.82. The van der Waals surface area contributed by atoms with Crippen LogP contribution in [-0.2, 0) is 0 Å². The first-order valence-electron chi connectivity index (χ1n) is 8.43. The third-order valence-corrected chi connectivity index (χ3v) is 5.00. The van der Waals surface area contributed by atoms with Gasteiger partial charge in [0.15, 0.2) is 5.11 Å². The van der Waals surface area contributed by atoms with E-state index in [9.17, 15) is 0 Å². The summed E-state index contributed by atoms with van der Waals surface area (Å²) >= 11 is 5.77. The highest BCUT2D eigenvalue weighted by molar-refractivity contribution is 7.80. The molecule has 3 rings (SSSR count). The topological polar surface area (TPSA) is 18.5 Å². The summed E-state index contributed by atoms with van der Waals surface area (Å²) in [5, 5.41) is 4.28. The van der Waals surface area contributed by atoms with E-state index in [0.717, 1.165) is 30.4 Å². The summed E-state index contributed by atoms with van der Waals surface area (Å²) < 4.78 is 0. The van der Waals surface area contributed by atoms with Gasteiger partial charge in [0.2, 0.25) is 0 Å². The molecule has 0 radical (unpaired) electrons. The van der Waals surface area contributed by atoms with E-state index in [2.05, 4.69) is 84.5 Å². The first-order chi connectivity index (χ1) is 11.5. The summed E-state index contributed by atoms with van der Waals surface area (Å²) in [5.41, 5.74) is 4.87. The van der Waals surface area contributed by atoms with Crippen LogP contribution in [0.1, 0.15) is 22.7 Å². The Morgan fingerprint density at radius 2 is 1.83 bits per heavy atom. The number of nitrogens with one attached hydrogen (secondary N) is 1. The molecule has 1 aliphatic rings. The van der Waals surface area contributed by atoms with E-state index in [4.69, 9.17) is 12.2 Å². The second kappa shape index (κ2) is 7.32. The second-order valence-corrected chi connectivity index (χ2v) is 7.02. The average Bonchev–Trinajstić information content (AvgIpc) is 2.58. The van der Waals surface area contributed by atoms with Crippen molar-refractivity contribution in [1.29, 1.82) is 0 Å². The van der Waals surface area contributed by atoms with Gasteiger partial charge in [-0.05, 0) is 55.9 Å². The smallest absolute Gasteiger partial charge is 0.174 e. The Labute approximate surface area is 150 Å². The van der Waals surface area contributed by atoms with Gasteiger partial charge in [0.1, 0.15) is 0 Å². The number of hydrogen-bond donors (Lipinski definition) is 1. The van der Waals surface area contributed by atoms with E-state index >= 15 is 0 Å². The van der Waals surface area contributed by atoms with Gasteiger partial charge in [-0.3, -0.25) is 0 Å². The predicted octanol–water partition coefficient (Wildman–Crippen LogP) is 3.99. The second-order valence-electron chi connectivity index (χ2n) is 6.63. The van der Waals surface area contributed by atoms with Gasteiger partial charge in [-0.2, -0.15) is 0 Å². The first-order valence-corrected chi connectivity index (χ1v) is 8.84. The van der Waals surface area contributed by atoms with Gasteiger partial charge in [-0.1, -0.05) is 42.5 Å². The molecule has 0 saturated carbocycles. The Kier molecular flexibility index (Phi) is 5.17. The fourth-order valence-electron chi connectivity index (χ4n) is 3.18. The summed E-state index contributed by atoms with van der Waals surface area (Å²) in [6, 6.07) is 17.4. The molecular formula is C20H25N3S. The molecule has 1 heterocycles. The molecule has 3 nitrogen and oxygen atoms in total. The molecule has 0 amide bonds. The molecule has 0 aromatic heterocycles. The van der Waals surface area contributed by atoms with Crippen LogP contribution in [-0.4, -0.2) is 41.6 Å². The Hall–Kier alpha value is -1.91. The van der Waals surface area contributed by atoms with E-state index in [-0.39, 0.29) is 6.04 Å². The molecule has 0 aliphatic carbocycles. The molecule has 0 unspecified atom stereocenters. The molecule has 2 aromatic rings. The van der Waals surface area contributed by atoms with Crippen molar-refractivity contribution < 1.29 is 0 Å². The fraction of sp³-hybridized carbons (Fsp3) is 0.350. The predicted molar refractivity (Wildman–Crippen MR) is 106 cm³/mol. The molecule has 1 N–H and O–H groups in total. The Morgan fingerprint density at radius 1 is 1.08 bits per heavy atom. The number of piperazine rings is 1. The van der Waals surface area contributed by atoms with Crippen LogP contribution in [0.5, 0.6) is 0 Å². The van der Waals surface area contributed by atoms with E-state index in [0.29, 0.717) is 0 Å². The first kappa shape index (κ1) is 16.9. The summed E-state index contributed by atoms with van der Waals surface area (Å²) in [7, 11) is 2.18. The van der Waals surface area contributed by atoms with Crippen LogP contribution in [0.25, 0.3) is 0 Å². The molecule has 0 spiro atoms. The van der Waals surface area contributed by atoms with Gasteiger partial charge in [0.25, 0.3) is 0 Å². The minimum absolute atomic E-state index is 0.287. The molecule has 2 aromatic carbocycles. The summed E-state index contributed by atoms with van der Waals surface area (Å²) in [6.45, 7) is 7.17. The van der Waals surface area contributed by atoms with E-state index < -0.39 is 0 Å². The number of anilines is 1.